The van der Waals surface area contributed by atoms with Gasteiger partial charge in [0.2, 0.25) is 0 Å². The number of hydrogen-bond acceptors (Lipinski definition) is 3. The van der Waals surface area contributed by atoms with Crippen LogP contribution in [0.25, 0.3) is 0 Å². The first-order chi connectivity index (χ1) is 8.95. The van der Waals surface area contributed by atoms with Crippen LogP contribution in [0.4, 0.5) is 4.39 Å². The number of aliphatic carboxylic acids is 1. The summed E-state index contributed by atoms with van der Waals surface area (Å²) >= 11 is 3.25. The number of carboxylic acids is 1. The standard InChI is InChI=1S/C12H13BrFNO4/c1-7(11(16)15-9(6-14)12(17)18)19-10-5-3-2-4-8(10)13/h2-5,7,9H,6H2,1H3,(H,15,16)(H,17,18). The smallest absolute Gasteiger partial charge is 0.328 e. The molecule has 0 saturated heterocycles. The van der Waals surface area contributed by atoms with Crippen molar-refractivity contribution >= 4 is 27.8 Å². The SMILES string of the molecule is CC(Oc1ccccc1Br)C(=O)NC(CF)C(=O)O. The summed E-state index contributed by atoms with van der Waals surface area (Å²) in [7, 11) is 0. The van der Waals surface area contributed by atoms with Crippen LogP contribution in [0, 0.1) is 0 Å². The van der Waals surface area contributed by atoms with Gasteiger partial charge in [0.05, 0.1) is 4.47 Å². The van der Waals surface area contributed by atoms with Crippen molar-refractivity contribution in [3.05, 3.63) is 28.7 Å². The van der Waals surface area contributed by atoms with Gasteiger partial charge in [0.1, 0.15) is 12.4 Å². The Bertz CT molecular complexity index is 469. The summed E-state index contributed by atoms with van der Waals surface area (Å²) in [4.78, 5) is 22.2. The number of carbonyl (C=O) groups excluding carboxylic acids is 1. The van der Waals surface area contributed by atoms with Crippen molar-refractivity contribution in [2.75, 3.05) is 6.67 Å². The number of amides is 1. The van der Waals surface area contributed by atoms with Crippen LogP contribution in [0.1, 0.15) is 6.92 Å². The lowest BCUT2D eigenvalue weighted by atomic mass is 10.3. The first kappa shape index (κ1) is 15.4. The molecule has 19 heavy (non-hydrogen) atoms. The van der Waals surface area contributed by atoms with Crippen molar-refractivity contribution in [2.24, 2.45) is 0 Å². The first-order valence-corrected chi connectivity index (χ1v) is 6.25. The number of benzene rings is 1. The second-order valence-electron chi connectivity index (χ2n) is 3.74. The van der Waals surface area contributed by atoms with Crippen molar-refractivity contribution in [1.82, 2.24) is 5.32 Å². The number of nitrogens with one attached hydrogen (secondary N) is 1. The van der Waals surface area contributed by atoms with E-state index in [0.29, 0.717) is 10.2 Å². The number of ether oxygens (including phenoxy) is 1. The fraction of sp³-hybridized carbons (Fsp3) is 0.333. The molecular formula is C12H13BrFNO4. The van der Waals surface area contributed by atoms with E-state index in [1.807, 2.05) is 0 Å². The molecule has 0 fully saturated rings. The lowest BCUT2D eigenvalue weighted by Gasteiger charge is -2.17. The Morgan fingerprint density at radius 1 is 1.47 bits per heavy atom. The molecule has 0 saturated carbocycles. The number of alkyl halides is 1. The molecule has 0 aliphatic rings. The van der Waals surface area contributed by atoms with E-state index in [1.54, 1.807) is 24.3 Å². The summed E-state index contributed by atoms with van der Waals surface area (Å²) in [5.74, 6) is -1.68. The molecule has 0 aliphatic heterocycles. The summed E-state index contributed by atoms with van der Waals surface area (Å²) < 4.78 is 18.4. The van der Waals surface area contributed by atoms with Crippen LogP contribution in [0.15, 0.2) is 28.7 Å². The fourth-order valence-electron chi connectivity index (χ4n) is 1.24. The molecule has 2 atom stereocenters. The fourth-order valence-corrected chi connectivity index (χ4v) is 1.62. The predicted molar refractivity (Wildman–Crippen MR) is 69.8 cm³/mol. The van der Waals surface area contributed by atoms with Gasteiger partial charge in [0, 0.05) is 0 Å². The van der Waals surface area contributed by atoms with Gasteiger partial charge in [-0.25, -0.2) is 9.18 Å². The normalized spacial score (nSPS) is 13.4. The molecule has 0 aromatic heterocycles. The van der Waals surface area contributed by atoms with Gasteiger partial charge < -0.3 is 15.2 Å². The average Bonchev–Trinajstić information content (AvgIpc) is 2.37. The molecule has 5 nitrogen and oxygen atoms in total. The van der Waals surface area contributed by atoms with E-state index in [1.165, 1.54) is 6.92 Å². The summed E-state index contributed by atoms with van der Waals surface area (Å²) in [6.45, 7) is 0.273. The van der Waals surface area contributed by atoms with E-state index in [-0.39, 0.29) is 0 Å². The molecule has 104 valence electrons. The number of para-hydroxylation sites is 1. The molecule has 1 aromatic rings. The maximum absolute atomic E-state index is 12.4. The number of carbonyl (C=O) groups is 2. The van der Waals surface area contributed by atoms with E-state index >= 15 is 0 Å². The number of carboxylic acid groups (broad SMARTS) is 1. The highest BCUT2D eigenvalue weighted by atomic mass is 79.9. The molecule has 7 heteroatoms. The third-order valence-corrected chi connectivity index (χ3v) is 2.93. The van der Waals surface area contributed by atoms with Gasteiger partial charge in [-0.2, -0.15) is 0 Å². The summed E-state index contributed by atoms with van der Waals surface area (Å²) in [6.07, 6.45) is -0.938. The Hall–Kier alpha value is -1.63. The van der Waals surface area contributed by atoms with Crippen molar-refractivity contribution in [3.63, 3.8) is 0 Å². The highest BCUT2D eigenvalue weighted by Crippen LogP contribution is 2.24. The van der Waals surface area contributed by atoms with Crippen molar-refractivity contribution in [1.29, 1.82) is 0 Å². The zero-order valence-corrected chi connectivity index (χ0v) is 11.7. The molecule has 0 aliphatic carbocycles. The topological polar surface area (TPSA) is 75.6 Å². The van der Waals surface area contributed by atoms with Gasteiger partial charge in [0.15, 0.2) is 12.1 Å². The Balaban J connectivity index is 2.63. The zero-order valence-electron chi connectivity index (χ0n) is 10.1. The van der Waals surface area contributed by atoms with Gasteiger partial charge in [-0.15, -0.1) is 0 Å². The molecule has 2 N–H and O–H groups in total. The largest absolute Gasteiger partial charge is 0.480 e. The van der Waals surface area contributed by atoms with Gasteiger partial charge in [0.25, 0.3) is 5.91 Å². The molecule has 0 spiro atoms. The minimum absolute atomic E-state index is 0.442. The van der Waals surface area contributed by atoms with Gasteiger partial charge >= 0.3 is 5.97 Å². The highest BCUT2D eigenvalue weighted by molar-refractivity contribution is 9.10. The van der Waals surface area contributed by atoms with Gasteiger partial charge in [-0.05, 0) is 35.0 Å². The second kappa shape index (κ2) is 7.08. The number of halogens is 2. The summed E-state index contributed by atoms with van der Waals surface area (Å²) in [6, 6.07) is 5.34. The van der Waals surface area contributed by atoms with Crippen LogP contribution < -0.4 is 10.1 Å². The lowest BCUT2D eigenvalue weighted by molar-refractivity contribution is -0.143. The average molecular weight is 334 g/mol. The third kappa shape index (κ3) is 4.51. The minimum atomic E-state index is -1.56. The minimum Gasteiger partial charge on any atom is -0.480 e. The van der Waals surface area contributed by atoms with Gasteiger partial charge in [-0.3, -0.25) is 4.79 Å². The number of rotatable bonds is 6. The van der Waals surface area contributed by atoms with Crippen molar-refractivity contribution in [3.8, 4) is 5.75 Å². The van der Waals surface area contributed by atoms with Crippen LogP contribution in [-0.2, 0) is 9.59 Å². The Kier molecular flexibility index (Phi) is 5.75. The zero-order chi connectivity index (χ0) is 14.4. The summed E-state index contributed by atoms with van der Waals surface area (Å²) in [5, 5.41) is 10.7. The molecule has 0 bridgehead atoms. The Labute approximate surface area is 117 Å². The van der Waals surface area contributed by atoms with Crippen LogP contribution in [0.5, 0.6) is 5.75 Å². The Morgan fingerprint density at radius 2 is 2.11 bits per heavy atom. The molecule has 1 rings (SSSR count). The Morgan fingerprint density at radius 3 is 2.63 bits per heavy atom. The molecular weight excluding hydrogens is 321 g/mol. The van der Waals surface area contributed by atoms with E-state index in [0.717, 1.165) is 0 Å². The monoisotopic (exact) mass is 333 g/mol. The molecule has 0 radical (unpaired) electrons. The van der Waals surface area contributed by atoms with E-state index in [4.69, 9.17) is 9.84 Å². The highest BCUT2D eigenvalue weighted by Gasteiger charge is 2.24. The van der Waals surface area contributed by atoms with Crippen LogP contribution >= 0.6 is 15.9 Å². The third-order valence-electron chi connectivity index (χ3n) is 2.28. The molecule has 1 amide bonds. The van der Waals surface area contributed by atoms with E-state index in [9.17, 15) is 14.0 Å². The van der Waals surface area contributed by atoms with Crippen LogP contribution in [-0.4, -0.2) is 35.8 Å². The molecule has 0 heterocycles. The predicted octanol–water partition coefficient (Wildman–Crippen LogP) is 1.76. The summed E-state index contributed by atoms with van der Waals surface area (Å²) in [5.41, 5.74) is 0. The maximum Gasteiger partial charge on any atom is 0.328 e. The molecule has 2 unspecified atom stereocenters. The lowest BCUT2D eigenvalue weighted by Crippen LogP contribution is -2.47. The van der Waals surface area contributed by atoms with Crippen LogP contribution in [0.2, 0.25) is 0 Å². The van der Waals surface area contributed by atoms with Gasteiger partial charge in [-0.1, -0.05) is 12.1 Å². The van der Waals surface area contributed by atoms with Crippen LogP contribution in [0.3, 0.4) is 0 Å². The maximum atomic E-state index is 12.4. The van der Waals surface area contributed by atoms with Crippen molar-refractivity contribution in [2.45, 2.75) is 19.1 Å². The van der Waals surface area contributed by atoms with E-state index < -0.39 is 30.7 Å². The first-order valence-electron chi connectivity index (χ1n) is 5.46. The second-order valence-corrected chi connectivity index (χ2v) is 4.60. The molecule has 1 aromatic carbocycles. The van der Waals surface area contributed by atoms with Crippen molar-refractivity contribution < 1.29 is 23.8 Å². The van der Waals surface area contributed by atoms with E-state index in [2.05, 4.69) is 21.2 Å². The quantitative estimate of drug-likeness (QED) is 0.831. The number of hydrogen-bond donors (Lipinski definition) is 2.